The van der Waals surface area contributed by atoms with Crippen molar-refractivity contribution in [2.75, 3.05) is 6.61 Å². The van der Waals surface area contributed by atoms with Crippen LogP contribution in [0.25, 0.3) is 11.4 Å². The number of ether oxygens (including phenoxy) is 2. The molecule has 2 rings (SSSR count). The fourth-order valence-corrected chi connectivity index (χ4v) is 2.12. The number of carbonyl (C=O) groups is 1. The minimum absolute atomic E-state index is 0.122. The van der Waals surface area contributed by atoms with Gasteiger partial charge in [0.1, 0.15) is 5.82 Å². The van der Waals surface area contributed by atoms with Crippen molar-refractivity contribution in [1.29, 1.82) is 0 Å². The minimum Gasteiger partial charge on any atom is -0.434 e. The zero-order valence-electron chi connectivity index (χ0n) is 12.9. The molecule has 7 heteroatoms. The summed E-state index contributed by atoms with van der Waals surface area (Å²) in [7, 11) is 0. The van der Waals surface area contributed by atoms with Crippen molar-refractivity contribution >= 4 is 17.8 Å². The number of aryl methyl sites for hydroxylation is 1. The quantitative estimate of drug-likeness (QED) is 0.844. The minimum atomic E-state index is -0.920. The van der Waals surface area contributed by atoms with E-state index in [0.29, 0.717) is 28.5 Å². The van der Waals surface area contributed by atoms with Crippen LogP contribution in [0.15, 0.2) is 29.1 Å². The molecule has 0 bridgehead atoms. The van der Waals surface area contributed by atoms with Crippen LogP contribution < -0.4 is 10.3 Å². The highest BCUT2D eigenvalue weighted by Gasteiger charge is 2.17. The van der Waals surface area contributed by atoms with E-state index in [1.807, 2.05) is 6.92 Å². The topological polar surface area (TPSA) is 81.3 Å². The van der Waals surface area contributed by atoms with Crippen molar-refractivity contribution in [2.24, 2.45) is 0 Å². The number of carbonyl (C=O) groups excluding carboxylic acids is 1. The first-order chi connectivity index (χ1) is 11.0. The van der Waals surface area contributed by atoms with Crippen LogP contribution in [0.4, 0.5) is 4.79 Å². The SMILES string of the molecule is CCCc1nc(-c2ccc(Cl)cc2)[nH]c(=O)c1OC(=O)OCC. The summed E-state index contributed by atoms with van der Waals surface area (Å²) in [6, 6.07) is 6.92. The van der Waals surface area contributed by atoms with Gasteiger partial charge in [-0.25, -0.2) is 9.78 Å². The molecular weight excluding hydrogens is 320 g/mol. The standard InChI is InChI=1S/C16H17ClN2O4/c1-3-5-12-13(23-16(21)22-4-2)15(20)19-14(18-12)10-6-8-11(17)9-7-10/h6-9H,3-5H2,1-2H3,(H,18,19,20). The Morgan fingerprint density at radius 3 is 2.57 bits per heavy atom. The molecule has 0 saturated heterocycles. The van der Waals surface area contributed by atoms with E-state index < -0.39 is 11.7 Å². The molecule has 0 saturated carbocycles. The number of nitrogens with one attached hydrogen (secondary N) is 1. The summed E-state index contributed by atoms with van der Waals surface area (Å²) < 4.78 is 9.70. The van der Waals surface area contributed by atoms with Crippen LogP contribution >= 0.6 is 11.6 Å². The van der Waals surface area contributed by atoms with Crippen LogP contribution in [-0.2, 0) is 11.2 Å². The number of hydrogen-bond acceptors (Lipinski definition) is 5. The van der Waals surface area contributed by atoms with Gasteiger partial charge in [-0.1, -0.05) is 24.9 Å². The second kappa shape index (κ2) is 7.78. The Balaban J connectivity index is 2.43. The van der Waals surface area contributed by atoms with E-state index in [1.165, 1.54) is 0 Å². The fraction of sp³-hybridized carbons (Fsp3) is 0.312. The Morgan fingerprint density at radius 2 is 1.96 bits per heavy atom. The molecule has 23 heavy (non-hydrogen) atoms. The van der Waals surface area contributed by atoms with Crippen LogP contribution in [-0.4, -0.2) is 22.7 Å². The second-order valence-electron chi connectivity index (χ2n) is 4.73. The summed E-state index contributed by atoms with van der Waals surface area (Å²) in [5.41, 5.74) is 0.599. The van der Waals surface area contributed by atoms with Gasteiger partial charge in [0.15, 0.2) is 0 Å². The third-order valence-electron chi connectivity index (χ3n) is 3.00. The Bertz CT molecular complexity index is 741. The molecule has 6 nitrogen and oxygen atoms in total. The third kappa shape index (κ3) is 4.32. The van der Waals surface area contributed by atoms with Crippen molar-refractivity contribution in [1.82, 2.24) is 9.97 Å². The summed E-state index contributed by atoms with van der Waals surface area (Å²) in [6.07, 6.45) is 0.325. The van der Waals surface area contributed by atoms with E-state index in [2.05, 4.69) is 9.97 Å². The third-order valence-corrected chi connectivity index (χ3v) is 3.25. The molecule has 0 atom stereocenters. The highest BCUT2D eigenvalue weighted by Crippen LogP contribution is 2.21. The lowest BCUT2D eigenvalue weighted by molar-refractivity contribution is 0.103. The number of nitrogens with zero attached hydrogens (tertiary/aromatic N) is 1. The molecule has 0 amide bonds. The van der Waals surface area contributed by atoms with Crippen molar-refractivity contribution in [2.45, 2.75) is 26.7 Å². The van der Waals surface area contributed by atoms with Gasteiger partial charge in [0.05, 0.1) is 12.3 Å². The van der Waals surface area contributed by atoms with Gasteiger partial charge in [0.25, 0.3) is 5.56 Å². The second-order valence-corrected chi connectivity index (χ2v) is 5.17. The molecule has 0 unspecified atom stereocenters. The lowest BCUT2D eigenvalue weighted by Crippen LogP contribution is -2.21. The van der Waals surface area contributed by atoms with Crippen molar-refractivity contribution in [3.05, 3.63) is 45.3 Å². The largest absolute Gasteiger partial charge is 0.514 e. The normalized spacial score (nSPS) is 10.4. The summed E-state index contributed by atoms with van der Waals surface area (Å²) in [5, 5.41) is 0.590. The van der Waals surface area contributed by atoms with Gasteiger partial charge in [0, 0.05) is 10.6 Å². The van der Waals surface area contributed by atoms with Crippen molar-refractivity contribution in [3.8, 4) is 17.1 Å². The number of aromatic amines is 1. The molecule has 0 radical (unpaired) electrons. The maximum Gasteiger partial charge on any atom is 0.514 e. The first-order valence-corrected chi connectivity index (χ1v) is 7.66. The lowest BCUT2D eigenvalue weighted by Gasteiger charge is -2.10. The van der Waals surface area contributed by atoms with Gasteiger partial charge in [-0.15, -0.1) is 0 Å². The number of hydrogen-bond donors (Lipinski definition) is 1. The fourth-order valence-electron chi connectivity index (χ4n) is 2.00. The van der Waals surface area contributed by atoms with Crippen molar-refractivity contribution in [3.63, 3.8) is 0 Å². The summed E-state index contributed by atoms with van der Waals surface area (Å²) in [4.78, 5) is 30.8. The van der Waals surface area contributed by atoms with E-state index in [0.717, 1.165) is 6.42 Å². The van der Waals surface area contributed by atoms with Gasteiger partial charge in [-0.2, -0.15) is 0 Å². The molecule has 0 aliphatic heterocycles. The van der Waals surface area contributed by atoms with Gasteiger partial charge in [0.2, 0.25) is 5.75 Å². The predicted octanol–water partition coefficient (Wildman–Crippen LogP) is 3.58. The Hall–Kier alpha value is -2.34. The lowest BCUT2D eigenvalue weighted by atomic mass is 10.2. The van der Waals surface area contributed by atoms with Gasteiger partial charge >= 0.3 is 6.16 Å². The molecule has 1 heterocycles. The van der Waals surface area contributed by atoms with Gasteiger partial charge in [-0.3, -0.25) is 4.79 Å². The average molecular weight is 337 g/mol. The number of rotatable bonds is 5. The number of benzene rings is 1. The zero-order valence-corrected chi connectivity index (χ0v) is 13.6. The molecule has 122 valence electrons. The summed E-state index contributed by atoms with van der Waals surface area (Å²) in [5.74, 6) is 0.273. The maximum absolute atomic E-state index is 12.3. The van der Waals surface area contributed by atoms with E-state index in [-0.39, 0.29) is 12.4 Å². The van der Waals surface area contributed by atoms with Crippen LogP contribution in [0.1, 0.15) is 26.0 Å². The van der Waals surface area contributed by atoms with E-state index in [1.54, 1.807) is 31.2 Å². The molecule has 1 aromatic carbocycles. The molecule has 0 aliphatic rings. The van der Waals surface area contributed by atoms with Crippen LogP contribution in [0, 0.1) is 0 Å². The van der Waals surface area contributed by atoms with Crippen LogP contribution in [0.5, 0.6) is 5.75 Å². The molecule has 0 fully saturated rings. The Morgan fingerprint density at radius 1 is 1.26 bits per heavy atom. The highest BCUT2D eigenvalue weighted by molar-refractivity contribution is 6.30. The molecular formula is C16H17ClN2O4. The molecule has 2 aromatic rings. The van der Waals surface area contributed by atoms with Crippen LogP contribution in [0.3, 0.4) is 0 Å². The van der Waals surface area contributed by atoms with Crippen LogP contribution in [0.2, 0.25) is 5.02 Å². The smallest absolute Gasteiger partial charge is 0.434 e. The first kappa shape index (κ1) is 17.0. The van der Waals surface area contributed by atoms with Gasteiger partial charge in [-0.05, 0) is 37.6 Å². The monoisotopic (exact) mass is 336 g/mol. The van der Waals surface area contributed by atoms with E-state index in [4.69, 9.17) is 21.1 Å². The number of H-pyrrole nitrogens is 1. The van der Waals surface area contributed by atoms with Gasteiger partial charge < -0.3 is 14.5 Å². The highest BCUT2D eigenvalue weighted by atomic mass is 35.5. The molecule has 1 aromatic heterocycles. The van der Waals surface area contributed by atoms with E-state index in [9.17, 15) is 9.59 Å². The molecule has 1 N–H and O–H groups in total. The van der Waals surface area contributed by atoms with Crippen molar-refractivity contribution < 1.29 is 14.3 Å². The Kier molecular flexibility index (Phi) is 5.76. The summed E-state index contributed by atoms with van der Waals surface area (Å²) in [6.45, 7) is 3.76. The predicted molar refractivity (Wildman–Crippen MR) is 86.9 cm³/mol. The average Bonchev–Trinajstić information content (AvgIpc) is 2.51. The number of aromatic nitrogens is 2. The summed E-state index contributed by atoms with van der Waals surface area (Å²) >= 11 is 5.86. The Labute approximate surface area is 138 Å². The molecule has 0 spiro atoms. The molecule has 0 aliphatic carbocycles. The zero-order chi connectivity index (χ0) is 16.8. The van der Waals surface area contributed by atoms with E-state index >= 15 is 0 Å². The first-order valence-electron chi connectivity index (χ1n) is 7.28. The maximum atomic E-state index is 12.3. The number of halogens is 1.